The number of amides is 3. The molecule has 1 atom stereocenters. The van der Waals surface area contributed by atoms with E-state index in [1.807, 2.05) is 6.07 Å². The van der Waals surface area contributed by atoms with Gasteiger partial charge in [-0.25, -0.2) is 4.98 Å². The standard InChI is InChI=1S/C19H17BrN4O5S/c1-11(29-14-5-2-4-12(20)8-14)17(26)24-23-16(25)9-13-10-30-19(21-13)22-18(27)15-6-3-7-28-15/h2-8,10-11H,9H2,1H3,(H,23,25)(H,24,26)(H,21,22,27)/t11-/m1/s1. The highest BCUT2D eigenvalue weighted by molar-refractivity contribution is 9.10. The number of thiazole rings is 1. The lowest BCUT2D eigenvalue weighted by molar-refractivity contribution is -0.132. The third kappa shape index (κ3) is 6.16. The second kappa shape index (κ2) is 10.0. The zero-order valence-corrected chi connectivity index (χ0v) is 18.1. The molecule has 1 aromatic carbocycles. The number of hydrogen-bond acceptors (Lipinski definition) is 7. The molecule has 3 rings (SSSR count). The van der Waals surface area contributed by atoms with Crippen LogP contribution in [-0.2, 0) is 16.0 Å². The van der Waals surface area contributed by atoms with Crippen LogP contribution in [0.1, 0.15) is 23.2 Å². The fraction of sp³-hybridized carbons (Fsp3) is 0.158. The van der Waals surface area contributed by atoms with E-state index in [1.165, 1.54) is 23.7 Å². The number of nitrogens with zero attached hydrogens (tertiary/aromatic N) is 1. The number of hydrogen-bond donors (Lipinski definition) is 3. The predicted molar refractivity (Wildman–Crippen MR) is 113 cm³/mol. The number of rotatable bonds is 7. The van der Waals surface area contributed by atoms with Crippen molar-refractivity contribution in [1.29, 1.82) is 0 Å². The number of nitrogens with one attached hydrogen (secondary N) is 3. The van der Waals surface area contributed by atoms with E-state index >= 15 is 0 Å². The molecule has 2 heterocycles. The van der Waals surface area contributed by atoms with Crippen LogP contribution in [0.2, 0.25) is 0 Å². The average Bonchev–Trinajstić information content (AvgIpc) is 3.38. The second-order valence-corrected chi connectivity index (χ2v) is 7.78. The number of hydrazine groups is 1. The van der Waals surface area contributed by atoms with Gasteiger partial charge < -0.3 is 9.15 Å². The smallest absolute Gasteiger partial charge is 0.293 e. The Hall–Kier alpha value is -3.18. The fourth-order valence-electron chi connectivity index (χ4n) is 2.25. The molecule has 156 valence electrons. The SMILES string of the molecule is C[C@@H](Oc1cccc(Br)c1)C(=O)NNC(=O)Cc1csc(NC(=O)c2ccco2)n1. The van der Waals surface area contributed by atoms with Gasteiger partial charge in [0.1, 0.15) is 5.75 Å². The summed E-state index contributed by atoms with van der Waals surface area (Å²) in [4.78, 5) is 40.2. The molecule has 0 unspecified atom stereocenters. The molecule has 11 heteroatoms. The third-order valence-electron chi connectivity index (χ3n) is 3.66. The molecule has 0 saturated carbocycles. The van der Waals surface area contributed by atoms with Gasteiger partial charge in [-0.3, -0.25) is 30.6 Å². The molecule has 9 nitrogen and oxygen atoms in total. The topological polar surface area (TPSA) is 123 Å². The summed E-state index contributed by atoms with van der Waals surface area (Å²) >= 11 is 4.50. The van der Waals surface area contributed by atoms with Crippen molar-refractivity contribution >= 4 is 50.1 Å². The Kier molecular flexibility index (Phi) is 7.20. The molecule has 30 heavy (non-hydrogen) atoms. The van der Waals surface area contributed by atoms with Crippen LogP contribution in [0.15, 0.2) is 56.9 Å². The van der Waals surface area contributed by atoms with E-state index in [0.717, 1.165) is 4.47 Å². The minimum atomic E-state index is -0.817. The number of aromatic nitrogens is 1. The third-order valence-corrected chi connectivity index (χ3v) is 4.96. The lowest BCUT2D eigenvalue weighted by Gasteiger charge is -2.15. The van der Waals surface area contributed by atoms with E-state index in [4.69, 9.17) is 9.15 Å². The van der Waals surface area contributed by atoms with Gasteiger partial charge >= 0.3 is 0 Å². The normalized spacial score (nSPS) is 11.4. The van der Waals surface area contributed by atoms with Crippen LogP contribution in [0.3, 0.4) is 0 Å². The van der Waals surface area contributed by atoms with E-state index in [-0.39, 0.29) is 12.2 Å². The van der Waals surface area contributed by atoms with E-state index < -0.39 is 23.8 Å². The van der Waals surface area contributed by atoms with Crippen molar-refractivity contribution in [2.24, 2.45) is 0 Å². The summed E-state index contributed by atoms with van der Waals surface area (Å²) < 4.78 is 11.4. The van der Waals surface area contributed by atoms with Crippen LogP contribution in [0.5, 0.6) is 5.75 Å². The maximum Gasteiger partial charge on any atom is 0.293 e. The molecule has 3 N–H and O–H groups in total. The van der Waals surface area contributed by atoms with Crippen molar-refractivity contribution in [2.45, 2.75) is 19.4 Å². The highest BCUT2D eigenvalue weighted by Gasteiger charge is 2.17. The van der Waals surface area contributed by atoms with E-state index in [1.54, 1.807) is 36.6 Å². The number of benzene rings is 1. The molecule has 0 aliphatic rings. The van der Waals surface area contributed by atoms with Crippen LogP contribution < -0.4 is 20.9 Å². The van der Waals surface area contributed by atoms with Crippen molar-refractivity contribution < 1.29 is 23.5 Å². The van der Waals surface area contributed by atoms with Crippen molar-refractivity contribution in [3.63, 3.8) is 0 Å². The summed E-state index contributed by atoms with van der Waals surface area (Å²) in [7, 11) is 0. The Morgan fingerprint density at radius 1 is 1.23 bits per heavy atom. The van der Waals surface area contributed by atoms with Crippen molar-refractivity contribution in [1.82, 2.24) is 15.8 Å². The predicted octanol–water partition coefficient (Wildman–Crippen LogP) is 2.91. The molecular formula is C19H17BrN4O5S. The maximum atomic E-state index is 12.1. The first-order valence-electron chi connectivity index (χ1n) is 8.71. The molecule has 0 radical (unpaired) electrons. The average molecular weight is 493 g/mol. The van der Waals surface area contributed by atoms with Crippen molar-refractivity contribution in [3.05, 3.63) is 64.0 Å². The van der Waals surface area contributed by atoms with Gasteiger partial charge in [-0.05, 0) is 37.3 Å². The molecule has 3 amide bonds. The summed E-state index contributed by atoms with van der Waals surface area (Å²) in [6.07, 6.45) is 0.502. The zero-order chi connectivity index (χ0) is 21.5. The minimum absolute atomic E-state index is 0.0751. The molecule has 0 aliphatic carbocycles. The quantitative estimate of drug-likeness (QED) is 0.435. The zero-order valence-electron chi connectivity index (χ0n) is 15.7. The van der Waals surface area contributed by atoms with E-state index in [9.17, 15) is 14.4 Å². The summed E-state index contributed by atoms with van der Waals surface area (Å²) in [5, 5.41) is 4.55. The van der Waals surface area contributed by atoms with E-state index in [2.05, 4.69) is 37.1 Å². The highest BCUT2D eigenvalue weighted by Crippen LogP contribution is 2.19. The highest BCUT2D eigenvalue weighted by atomic mass is 79.9. The Morgan fingerprint density at radius 3 is 2.80 bits per heavy atom. The van der Waals surface area contributed by atoms with Gasteiger partial charge in [-0.1, -0.05) is 22.0 Å². The number of anilines is 1. The fourth-order valence-corrected chi connectivity index (χ4v) is 3.34. The van der Waals surface area contributed by atoms with Crippen molar-refractivity contribution in [2.75, 3.05) is 5.32 Å². The van der Waals surface area contributed by atoms with Crippen molar-refractivity contribution in [3.8, 4) is 5.75 Å². The molecule has 0 saturated heterocycles. The number of carbonyl (C=O) groups is 3. The number of halogens is 1. The molecule has 0 spiro atoms. The summed E-state index contributed by atoms with van der Waals surface area (Å²) in [5.41, 5.74) is 5.07. The second-order valence-electron chi connectivity index (χ2n) is 6.01. The number of ether oxygens (including phenoxy) is 1. The first-order valence-corrected chi connectivity index (χ1v) is 10.4. The maximum absolute atomic E-state index is 12.1. The first-order chi connectivity index (χ1) is 14.4. The van der Waals surface area contributed by atoms with E-state index in [0.29, 0.717) is 16.6 Å². The summed E-state index contributed by atoms with van der Waals surface area (Å²) in [5.74, 6) is -0.728. The van der Waals surface area contributed by atoms with Gasteiger partial charge in [0, 0.05) is 9.85 Å². The lowest BCUT2D eigenvalue weighted by Crippen LogP contribution is -2.47. The lowest BCUT2D eigenvalue weighted by atomic mass is 10.3. The Morgan fingerprint density at radius 2 is 2.07 bits per heavy atom. The summed E-state index contributed by atoms with van der Waals surface area (Å²) in [6.45, 7) is 1.57. The first kappa shape index (κ1) is 21.5. The number of carbonyl (C=O) groups excluding carboxylic acids is 3. The van der Waals surface area contributed by atoms with Gasteiger partial charge in [-0.2, -0.15) is 0 Å². The van der Waals surface area contributed by atoms with Gasteiger partial charge in [0.2, 0.25) is 5.91 Å². The summed E-state index contributed by atoms with van der Waals surface area (Å²) in [6, 6.07) is 10.2. The van der Waals surface area contributed by atoms with Crippen LogP contribution in [0.4, 0.5) is 5.13 Å². The van der Waals surface area contributed by atoms with Crippen LogP contribution in [0.25, 0.3) is 0 Å². The molecule has 0 aliphatic heterocycles. The molecule has 2 aromatic heterocycles. The molecular weight excluding hydrogens is 476 g/mol. The van der Waals surface area contributed by atoms with Crippen LogP contribution >= 0.6 is 27.3 Å². The Balaban J connectivity index is 1.43. The Labute approximate surface area is 183 Å². The van der Waals surface area contributed by atoms with Gasteiger partial charge in [-0.15, -0.1) is 11.3 Å². The monoisotopic (exact) mass is 492 g/mol. The molecule has 3 aromatic rings. The largest absolute Gasteiger partial charge is 0.481 e. The number of furan rings is 1. The van der Waals surface area contributed by atoms with Gasteiger partial charge in [0.05, 0.1) is 18.4 Å². The minimum Gasteiger partial charge on any atom is -0.481 e. The van der Waals surface area contributed by atoms with Crippen LogP contribution in [0, 0.1) is 0 Å². The van der Waals surface area contributed by atoms with Gasteiger partial charge in [0.15, 0.2) is 17.0 Å². The van der Waals surface area contributed by atoms with Crippen LogP contribution in [-0.4, -0.2) is 28.8 Å². The Bertz CT molecular complexity index is 1040. The molecule has 0 fully saturated rings. The van der Waals surface area contributed by atoms with Gasteiger partial charge in [0.25, 0.3) is 11.8 Å². The molecule has 0 bridgehead atoms.